The third-order valence-corrected chi connectivity index (χ3v) is 7.43. The zero-order valence-electron chi connectivity index (χ0n) is 18.7. The minimum absolute atomic E-state index is 0.240. The summed E-state index contributed by atoms with van der Waals surface area (Å²) < 4.78 is 2.46. The Balaban J connectivity index is 1.32. The molecule has 0 saturated carbocycles. The van der Waals surface area contributed by atoms with E-state index in [1.807, 2.05) is 6.21 Å². The predicted octanol–water partition coefficient (Wildman–Crippen LogP) is 6.85. The first-order valence-electron chi connectivity index (χ1n) is 12.0. The highest BCUT2D eigenvalue weighted by molar-refractivity contribution is 5.77. The van der Waals surface area contributed by atoms with Crippen LogP contribution in [0.2, 0.25) is 0 Å². The number of aromatic nitrogens is 1. The van der Waals surface area contributed by atoms with E-state index in [0.717, 1.165) is 44.1 Å². The summed E-state index contributed by atoms with van der Waals surface area (Å²) in [6.07, 6.45) is 26.2. The maximum absolute atomic E-state index is 9.47. The number of nitrogens with zero attached hydrogens (tertiary/aromatic N) is 3. The maximum atomic E-state index is 9.47. The predicted molar refractivity (Wildman–Crippen MR) is 136 cm³/mol. The highest BCUT2D eigenvalue weighted by Gasteiger charge is 2.26. The van der Waals surface area contributed by atoms with Gasteiger partial charge in [-0.15, -0.1) is 0 Å². The lowest BCUT2D eigenvalue weighted by atomic mass is 9.78. The molecule has 0 saturated heterocycles. The Labute approximate surface area is 195 Å². The Morgan fingerprint density at radius 3 is 2.45 bits per heavy atom. The van der Waals surface area contributed by atoms with E-state index < -0.39 is 0 Å². The molecule has 162 valence electrons. The van der Waals surface area contributed by atoms with Gasteiger partial charge in [-0.1, -0.05) is 42.5 Å². The van der Waals surface area contributed by atoms with Gasteiger partial charge in [0.15, 0.2) is 0 Å². The first-order chi connectivity index (χ1) is 16.3. The lowest BCUT2D eigenvalue weighted by molar-refractivity contribution is 0.475. The lowest BCUT2D eigenvalue weighted by Crippen LogP contribution is -2.18. The highest BCUT2D eigenvalue weighted by atomic mass is 15.0. The molecule has 3 aliphatic carbocycles. The molecule has 6 rings (SSSR count). The van der Waals surface area contributed by atoms with Crippen LogP contribution in [0.25, 0.3) is 23.4 Å². The molecule has 1 aromatic carbocycles. The van der Waals surface area contributed by atoms with Crippen LogP contribution in [0.15, 0.2) is 71.4 Å². The van der Waals surface area contributed by atoms with Crippen molar-refractivity contribution < 1.29 is 0 Å². The summed E-state index contributed by atoms with van der Waals surface area (Å²) >= 11 is 0. The van der Waals surface area contributed by atoms with Gasteiger partial charge in [0.2, 0.25) is 0 Å². The summed E-state index contributed by atoms with van der Waals surface area (Å²) in [7, 11) is 0. The van der Waals surface area contributed by atoms with E-state index in [-0.39, 0.29) is 5.92 Å². The van der Waals surface area contributed by atoms with Gasteiger partial charge in [-0.05, 0) is 91.0 Å². The minimum atomic E-state index is 0.240. The number of benzene rings is 1. The largest absolute Gasteiger partial charge is 0.310 e. The van der Waals surface area contributed by atoms with Gasteiger partial charge in [0.25, 0.3) is 0 Å². The van der Waals surface area contributed by atoms with Crippen LogP contribution >= 0.6 is 0 Å². The fraction of sp³-hybridized carbons (Fsp3) is 0.267. The highest BCUT2D eigenvalue weighted by Crippen LogP contribution is 2.37. The molecular weight excluding hydrogens is 402 g/mol. The Bertz CT molecular complexity index is 1290. The first-order valence-corrected chi connectivity index (χ1v) is 12.0. The summed E-state index contributed by atoms with van der Waals surface area (Å²) in [5.74, 6) is 0.595. The van der Waals surface area contributed by atoms with Crippen LogP contribution in [0, 0.1) is 23.2 Å². The fourth-order valence-electron chi connectivity index (χ4n) is 5.76. The molecule has 1 aromatic heterocycles. The van der Waals surface area contributed by atoms with E-state index in [0.29, 0.717) is 5.92 Å². The molecule has 2 aromatic rings. The number of allylic oxidation sites excluding steroid dienone is 7. The van der Waals surface area contributed by atoms with Crippen LogP contribution in [0.1, 0.15) is 53.8 Å². The van der Waals surface area contributed by atoms with E-state index in [1.165, 1.54) is 28.2 Å². The molecule has 33 heavy (non-hydrogen) atoms. The molecule has 4 aliphatic rings. The van der Waals surface area contributed by atoms with Gasteiger partial charge < -0.3 is 4.57 Å². The summed E-state index contributed by atoms with van der Waals surface area (Å²) in [4.78, 5) is 4.17. The summed E-state index contributed by atoms with van der Waals surface area (Å²) in [5.41, 5.74) is 10.3. The summed E-state index contributed by atoms with van der Waals surface area (Å²) in [6, 6.07) is 11.3. The Morgan fingerprint density at radius 2 is 1.76 bits per heavy atom. The smallest absolute Gasteiger partial charge is 0.0966 e. The van der Waals surface area contributed by atoms with Gasteiger partial charge in [0.05, 0.1) is 11.6 Å². The van der Waals surface area contributed by atoms with Gasteiger partial charge in [-0.25, -0.2) is 0 Å². The van der Waals surface area contributed by atoms with E-state index in [1.54, 1.807) is 17.3 Å². The third kappa shape index (κ3) is 3.47. The molecule has 3 nitrogen and oxygen atoms in total. The van der Waals surface area contributed by atoms with Crippen LogP contribution < -0.4 is 0 Å². The number of hydrogen-bond donors (Lipinski definition) is 0. The summed E-state index contributed by atoms with van der Waals surface area (Å²) in [6.45, 7) is 0. The summed E-state index contributed by atoms with van der Waals surface area (Å²) in [5, 5.41) is 9.47. The number of nitriles is 1. The Morgan fingerprint density at radius 1 is 0.970 bits per heavy atom. The number of hydrogen-bond acceptors (Lipinski definition) is 2. The SMILES string of the molecule is N#CC1=CN=CCC1C1C=CC(c2cccc(-n3c4c(c5c3C=CCC5)CCC=C4)c2)=CC1. The average molecular weight is 430 g/mol. The molecule has 2 unspecified atom stereocenters. The molecule has 1 aliphatic heterocycles. The number of rotatable bonds is 3. The maximum Gasteiger partial charge on any atom is 0.0966 e. The minimum Gasteiger partial charge on any atom is -0.310 e. The zero-order valence-corrected chi connectivity index (χ0v) is 18.7. The number of fused-ring (bicyclic) bond motifs is 3. The van der Waals surface area contributed by atoms with Crippen LogP contribution in [0.5, 0.6) is 0 Å². The molecule has 0 bridgehead atoms. The lowest BCUT2D eigenvalue weighted by Gasteiger charge is -2.26. The average Bonchev–Trinajstić information content (AvgIpc) is 3.23. The Kier molecular flexibility index (Phi) is 5.07. The molecule has 3 heteroatoms. The molecule has 2 atom stereocenters. The van der Waals surface area contributed by atoms with E-state index >= 15 is 0 Å². The van der Waals surface area contributed by atoms with Gasteiger partial charge in [0, 0.05) is 35.4 Å². The third-order valence-electron chi connectivity index (χ3n) is 7.43. The van der Waals surface area contributed by atoms with Gasteiger partial charge in [-0.2, -0.15) is 5.26 Å². The number of aliphatic imine (C=N–C) groups is 1. The van der Waals surface area contributed by atoms with Gasteiger partial charge in [-0.3, -0.25) is 4.99 Å². The van der Waals surface area contributed by atoms with Crippen molar-refractivity contribution >= 4 is 23.9 Å². The quantitative estimate of drug-likeness (QED) is 0.526. The van der Waals surface area contributed by atoms with Crippen molar-refractivity contribution in [3.8, 4) is 11.8 Å². The van der Waals surface area contributed by atoms with Crippen molar-refractivity contribution in [1.29, 1.82) is 5.26 Å². The molecule has 0 fully saturated rings. The standard InChI is InChI=1S/C30H27N3/c31-19-24-20-32-17-16-26(24)22-14-12-21(13-15-22)23-6-5-7-25(18-23)33-29-10-3-1-8-27(29)28-9-2-4-11-30(28)33/h3-7,10-14,17-18,20,22,26H,1-2,8-9,15-16H2. The molecule has 2 heterocycles. The van der Waals surface area contributed by atoms with Crippen LogP contribution in [0.4, 0.5) is 0 Å². The monoisotopic (exact) mass is 429 g/mol. The van der Waals surface area contributed by atoms with Crippen LogP contribution in [0.3, 0.4) is 0 Å². The van der Waals surface area contributed by atoms with Crippen LogP contribution in [-0.4, -0.2) is 10.8 Å². The molecular formula is C30H27N3. The normalized spacial score (nSPS) is 22.9. The molecule has 0 spiro atoms. The van der Waals surface area contributed by atoms with Gasteiger partial charge >= 0.3 is 0 Å². The second-order valence-electron chi connectivity index (χ2n) is 9.28. The van der Waals surface area contributed by atoms with Crippen molar-refractivity contribution in [3.63, 3.8) is 0 Å². The second-order valence-corrected chi connectivity index (χ2v) is 9.28. The Hall–Kier alpha value is -3.64. The zero-order chi connectivity index (χ0) is 22.2. The fourth-order valence-corrected chi connectivity index (χ4v) is 5.76. The van der Waals surface area contributed by atoms with E-state index in [2.05, 4.69) is 82.4 Å². The molecule has 0 N–H and O–H groups in total. The molecule has 0 radical (unpaired) electrons. The van der Waals surface area contributed by atoms with Crippen molar-refractivity contribution in [2.24, 2.45) is 16.8 Å². The van der Waals surface area contributed by atoms with E-state index in [4.69, 9.17) is 0 Å². The first kappa shape index (κ1) is 20.0. The topological polar surface area (TPSA) is 41.1 Å². The van der Waals surface area contributed by atoms with E-state index in [9.17, 15) is 5.26 Å². The van der Waals surface area contributed by atoms with Crippen molar-refractivity contribution in [3.05, 3.63) is 94.5 Å². The van der Waals surface area contributed by atoms with Crippen molar-refractivity contribution in [2.75, 3.05) is 0 Å². The van der Waals surface area contributed by atoms with Crippen molar-refractivity contribution in [1.82, 2.24) is 4.57 Å². The molecule has 0 amide bonds. The second kappa shape index (κ2) is 8.37. The van der Waals surface area contributed by atoms with Gasteiger partial charge in [0.1, 0.15) is 0 Å². The van der Waals surface area contributed by atoms with Crippen molar-refractivity contribution in [2.45, 2.75) is 38.5 Å². The van der Waals surface area contributed by atoms with Crippen LogP contribution in [-0.2, 0) is 12.8 Å².